The van der Waals surface area contributed by atoms with Crippen molar-refractivity contribution in [3.05, 3.63) is 71.3 Å². The first-order chi connectivity index (χ1) is 17.2. The molecule has 2 aromatic carbocycles. The number of nitrogens with two attached hydrogens (primary N) is 1. The van der Waals surface area contributed by atoms with Crippen LogP contribution in [0.1, 0.15) is 30.0 Å². The van der Waals surface area contributed by atoms with Crippen LogP contribution in [0.3, 0.4) is 0 Å². The van der Waals surface area contributed by atoms with Crippen molar-refractivity contribution < 1.29 is 21.6 Å². The van der Waals surface area contributed by atoms with Crippen molar-refractivity contribution in [2.24, 2.45) is 5.73 Å². The summed E-state index contributed by atoms with van der Waals surface area (Å²) in [6.45, 7) is 1.79. The number of aromatic amines is 1. The summed E-state index contributed by atoms with van der Waals surface area (Å²) in [5.74, 6) is -0.239. The monoisotopic (exact) mass is 622 g/mol. The minimum Gasteiger partial charge on any atom is -0.326 e. The van der Waals surface area contributed by atoms with Gasteiger partial charge in [-0.1, -0.05) is 18.5 Å². The quantitative estimate of drug-likeness (QED) is 0.434. The van der Waals surface area contributed by atoms with Crippen LogP contribution in [0.15, 0.2) is 43.2 Å². The van der Waals surface area contributed by atoms with Gasteiger partial charge in [0.05, 0.1) is 33.7 Å². The van der Waals surface area contributed by atoms with E-state index in [9.17, 15) is 31.2 Å². The van der Waals surface area contributed by atoms with E-state index in [0.717, 1.165) is 6.07 Å². The maximum atomic E-state index is 14.1. The fourth-order valence-electron chi connectivity index (χ4n) is 4.48. The molecule has 0 spiro atoms. The van der Waals surface area contributed by atoms with Gasteiger partial charge in [-0.05, 0) is 57.7 Å². The fraction of sp³-hybridized carbons (Fsp3) is 0.391. The molecule has 0 aliphatic carbocycles. The molecule has 3 aromatic rings. The first kappa shape index (κ1) is 27.8. The molecule has 3 N–H and O–H groups in total. The number of aromatic nitrogens is 2. The van der Waals surface area contributed by atoms with Crippen LogP contribution in [0.5, 0.6) is 0 Å². The lowest BCUT2D eigenvalue weighted by Crippen LogP contribution is -2.36. The van der Waals surface area contributed by atoms with Crippen molar-refractivity contribution in [3.63, 3.8) is 0 Å². The zero-order valence-corrected chi connectivity index (χ0v) is 22.7. The van der Waals surface area contributed by atoms with Gasteiger partial charge in [-0.3, -0.25) is 14.3 Å². The van der Waals surface area contributed by atoms with Crippen LogP contribution in [0, 0.1) is 0 Å². The summed E-state index contributed by atoms with van der Waals surface area (Å²) in [6, 6.07) is 4.52. The Morgan fingerprint density at radius 3 is 2.51 bits per heavy atom. The zero-order valence-electron chi connectivity index (χ0n) is 19.5. The zero-order chi connectivity index (χ0) is 27.3. The second-order valence-corrected chi connectivity index (χ2v) is 12.4. The molecule has 0 amide bonds. The lowest BCUT2D eigenvalue weighted by Gasteiger charge is -2.22. The van der Waals surface area contributed by atoms with Crippen molar-refractivity contribution >= 4 is 48.3 Å². The van der Waals surface area contributed by atoms with Gasteiger partial charge in [0, 0.05) is 35.2 Å². The Balaban J connectivity index is 1.91. The SMILES string of the molecule is CCS(=O)(=O)c1ccc(Cl)cc1Cn1c(=O)[nH]c2c(Br)c(CN3CC[C@@H](N)C3)c(C(F)(F)F)cc2c1=O. The number of fused-ring (bicyclic) bond motifs is 1. The topological polar surface area (TPSA) is 118 Å². The number of alkyl halides is 3. The molecule has 0 unspecified atom stereocenters. The van der Waals surface area contributed by atoms with Crippen molar-refractivity contribution in [3.8, 4) is 0 Å². The molecule has 1 fully saturated rings. The Kier molecular flexibility index (Phi) is 7.65. The van der Waals surface area contributed by atoms with Crippen molar-refractivity contribution in [2.45, 2.75) is 43.5 Å². The molecule has 37 heavy (non-hydrogen) atoms. The maximum absolute atomic E-state index is 14.1. The largest absolute Gasteiger partial charge is 0.416 e. The smallest absolute Gasteiger partial charge is 0.326 e. The first-order valence-corrected chi connectivity index (χ1v) is 14.1. The highest BCUT2D eigenvalue weighted by molar-refractivity contribution is 9.10. The molecule has 1 aliphatic heterocycles. The van der Waals surface area contributed by atoms with E-state index in [1.165, 1.54) is 25.1 Å². The number of nitrogens with one attached hydrogen (secondary N) is 1. The summed E-state index contributed by atoms with van der Waals surface area (Å²) in [4.78, 5) is 30.5. The number of nitrogens with zero attached hydrogens (tertiary/aromatic N) is 2. The number of rotatable bonds is 6. The van der Waals surface area contributed by atoms with Gasteiger partial charge in [-0.2, -0.15) is 13.2 Å². The van der Waals surface area contributed by atoms with Crippen LogP contribution in [-0.4, -0.2) is 47.8 Å². The summed E-state index contributed by atoms with van der Waals surface area (Å²) < 4.78 is 68.0. The molecule has 0 saturated carbocycles. The predicted molar refractivity (Wildman–Crippen MR) is 138 cm³/mol. The second-order valence-electron chi connectivity index (χ2n) is 8.90. The Morgan fingerprint density at radius 1 is 1.22 bits per heavy atom. The standard InChI is InChI=1S/C23H23BrClF3N4O4S/c1-2-37(35,36)18-4-3-13(25)7-12(18)9-32-21(33)15-8-17(23(26,27)28)16(11-31-6-5-14(29)10-31)19(24)20(15)30-22(32)34/h3-4,7-8,14H,2,5-6,9-11,29H2,1H3,(H,30,34)/t14-/m1/s1. The number of hydrogen-bond acceptors (Lipinski definition) is 6. The van der Waals surface area contributed by atoms with Gasteiger partial charge in [0.25, 0.3) is 5.56 Å². The average molecular weight is 624 g/mol. The van der Waals surface area contributed by atoms with Crippen molar-refractivity contribution in [2.75, 3.05) is 18.8 Å². The number of halogens is 5. The van der Waals surface area contributed by atoms with E-state index in [0.29, 0.717) is 24.1 Å². The number of likely N-dealkylation sites (tertiary alicyclic amines) is 1. The molecule has 1 saturated heterocycles. The van der Waals surface area contributed by atoms with E-state index >= 15 is 0 Å². The number of hydrogen-bond donors (Lipinski definition) is 2. The van der Waals surface area contributed by atoms with Crippen molar-refractivity contribution in [1.82, 2.24) is 14.5 Å². The van der Waals surface area contributed by atoms with Crippen LogP contribution in [0.25, 0.3) is 10.9 Å². The second kappa shape index (κ2) is 10.2. The maximum Gasteiger partial charge on any atom is 0.416 e. The molecule has 0 bridgehead atoms. The highest BCUT2D eigenvalue weighted by Crippen LogP contribution is 2.39. The fourth-order valence-corrected chi connectivity index (χ4v) is 6.43. The molecule has 1 aromatic heterocycles. The highest BCUT2D eigenvalue weighted by Gasteiger charge is 2.37. The van der Waals surface area contributed by atoms with Crippen LogP contribution in [0.4, 0.5) is 13.2 Å². The van der Waals surface area contributed by atoms with Gasteiger partial charge in [0.1, 0.15) is 0 Å². The van der Waals surface area contributed by atoms with Crippen LogP contribution in [-0.2, 0) is 29.1 Å². The number of sulfone groups is 1. The predicted octanol–water partition coefficient (Wildman–Crippen LogP) is 3.50. The third-order valence-corrected chi connectivity index (χ3v) is 9.32. The number of H-pyrrole nitrogens is 1. The van der Waals surface area contributed by atoms with Gasteiger partial charge in [0.15, 0.2) is 9.84 Å². The molecular formula is C23H23BrClF3N4O4S. The third-order valence-electron chi connectivity index (χ3n) is 6.38. The molecule has 1 aliphatic rings. The molecule has 2 heterocycles. The van der Waals surface area contributed by atoms with E-state index in [1.807, 2.05) is 0 Å². The van der Waals surface area contributed by atoms with E-state index in [1.54, 1.807) is 4.90 Å². The highest BCUT2D eigenvalue weighted by atomic mass is 79.9. The first-order valence-electron chi connectivity index (χ1n) is 11.3. The van der Waals surface area contributed by atoms with E-state index in [2.05, 4.69) is 20.9 Å². The Labute approximate surface area is 223 Å². The van der Waals surface area contributed by atoms with Gasteiger partial charge in [-0.25, -0.2) is 13.2 Å². The Hall–Kier alpha value is -2.19. The summed E-state index contributed by atoms with van der Waals surface area (Å²) >= 11 is 9.22. The molecular weight excluding hydrogens is 601 g/mol. The van der Waals surface area contributed by atoms with Crippen LogP contribution in [0.2, 0.25) is 5.02 Å². The molecule has 8 nitrogen and oxygen atoms in total. The molecule has 0 radical (unpaired) electrons. The lowest BCUT2D eigenvalue weighted by atomic mass is 10.0. The minimum absolute atomic E-state index is 0.0452. The molecule has 14 heteroatoms. The van der Waals surface area contributed by atoms with E-state index < -0.39 is 39.4 Å². The van der Waals surface area contributed by atoms with Crippen LogP contribution >= 0.6 is 27.5 Å². The molecule has 200 valence electrons. The van der Waals surface area contributed by atoms with Gasteiger partial charge in [0.2, 0.25) is 0 Å². The van der Waals surface area contributed by atoms with E-state index in [4.69, 9.17) is 17.3 Å². The normalized spacial score (nSPS) is 17.1. The summed E-state index contributed by atoms with van der Waals surface area (Å²) in [7, 11) is -3.74. The molecule has 1 atom stereocenters. The Bertz CT molecular complexity index is 1600. The number of benzene rings is 2. The van der Waals surface area contributed by atoms with E-state index in [-0.39, 0.29) is 54.8 Å². The average Bonchev–Trinajstić information content (AvgIpc) is 3.22. The van der Waals surface area contributed by atoms with Gasteiger partial charge < -0.3 is 10.7 Å². The summed E-state index contributed by atoms with van der Waals surface area (Å²) in [5.41, 5.74) is 2.84. The molecule has 4 rings (SSSR count). The summed E-state index contributed by atoms with van der Waals surface area (Å²) in [6.07, 6.45) is -4.13. The summed E-state index contributed by atoms with van der Waals surface area (Å²) in [5, 5.41) is -0.203. The Morgan fingerprint density at radius 2 is 1.92 bits per heavy atom. The van der Waals surface area contributed by atoms with Crippen LogP contribution < -0.4 is 17.0 Å². The van der Waals surface area contributed by atoms with Crippen molar-refractivity contribution in [1.29, 1.82) is 0 Å². The third kappa shape index (κ3) is 5.51. The van der Waals surface area contributed by atoms with Gasteiger partial charge >= 0.3 is 11.9 Å². The lowest BCUT2D eigenvalue weighted by molar-refractivity contribution is -0.138. The van der Waals surface area contributed by atoms with Gasteiger partial charge in [-0.15, -0.1) is 0 Å². The minimum atomic E-state index is -4.78.